The second-order valence-corrected chi connectivity index (χ2v) is 6.41. The van der Waals surface area contributed by atoms with E-state index in [-0.39, 0.29) is 11.9 Å². The number of amides is 1. The molecule has 1 amide bonds. The minimum atomic E-state index is -0.0593. The maximum absolute atomic E-state index is 11.1. The largest absolute Gasteiger partial charge is 0.326 e. The van der Waals surface area contributed by atoms with Gasteiger partial charge < -0.3 is 10.6 Å². The molecule has 0 aliphatic carbocycles. The average Bonchev–Trinajstić information content (AvgIpc) is 2.81. The van der Waals surface area contributed by atoms with E-state index in [0.717, 1.165) is 22.1 Å². The fraction of sp³-hybridized carbons (Fsp3) is 0.267. The second-order valence-electron chi connectivity index (χ2n) is 4.62. The predicted octanol–water partition coefficient (Wildman–Crippen LogP) is 4.21. The van der Waals surface area contributed by atoms with Gasteiger partial charge in [-0.25, -0.2) is 0 Å². The molecule has 0 spiro atoms. The fourth-order valence-electron chi connectivity index (χ4n) is 1.91. The van der Waals surface area contributed by atoms with Crippen molar-refractivity contribution in [1.29, 1.82) is 0 Å². The molecular weight excluding hydrogens is 292 g/mol. The maximum atomic E-state index is 11.1. The molecular formula is C15H17ClN2OS. The molecule has 0 aliphatic heterocycles. The van der Waals surface area contributed by atoms with Gasteiger partial charge in [-0.1, -0.05) is 23.7 Å². The van der Waals surface area contributed by atoms with Crippen LogP contribution < -0.4 is 10.6 Å². The molecule has 1 heterocycles. The molecule has 0 saturated heterocycles. The summed E-state index contributed by atoms with van der Waals surface area (Å²) in [6, 6.07) is 12.0. The van der Waals surface area contributed by atoms with Crippen LogP contribution >= 0.6 is 22.9 Å². The molecule has 0 saturated carbocycles. The third-order valence-electron chi connectivity index (χ3n) is 2.92. The molecule has 3 nitrogen and oxygen atoms in total. The van der Waals surface area contributed by atoms with Crippen molar-refractivity contribution in [1.82, 2.24) is 5.32 Å². The number of hydrogen-bond donors (Lipinski definition) is 2. The zero-order chi connectivity index (χ0) is 14.5. The number of carbonyl (C=O) groups excluding carboxylic acids is 1. The SMILES string of the molecule is CC(=O)Nc1cccc([C@@H](C)NCc2ccc(Cl)s2)c1. The molecule has 2 rings (SSSR count). The lowest BCUT2D eigenvalue weighted by molar-refractivity contribution is -0.114. The summed E-state index contributed by atoms with van der Waals surface area (Å²) in [5, 5.41) is 6.24. The summed E-state index contributed by atoms with van der Waals surface area (Å²) in [5.41, 5.74) is 1.96. The first-order valence-electron chi connectivity index (χ1n) is 6.40. The molecule has 1 aromatic heterocycles. The second kappa shape index (κ2) is 6.88. The Bertz CT molecular complexity index is 597. The zero-order valence-electron chi connectivity index (χ0n) is 11.4. The highest BCUT2D eigenvalue weighted by Gasteiger charge is 2.07. The van der Waals surface area contributed by atoms with Gasteiger partial charge in [-0.2, -0.15) is 0 Å². The van der Waals surface area contributed by atoms with Crippen LogP contribution in [0.5, 0.6) is 0 Å². The van der Waals surface area contributed by atoms with E-state index < -0.39 is 0 Å². The lowest BCUT2D eigenvalue weighted by Crippen LogP contribution is -2.17. The first-order chi connectivity index (χ1) is 9.54. The summed E-state index contributed by atoms with van der Waals surface area (Å²) in [6.07, 6.45) is 0. The van der Waals surface area contributed by atoms with Crippen LogP contribution in [0.1, 0.15) is 30.3 Å². The van der Waals surface area contributed by atoms with E-state index in [0.29, 0.717) is 0 Å². The van der Waals surface area contributed by atoms with Gasteiger partial charge in [-0.05, 0) is 36.8 Å². The van der Waals surface area contributed by atoms with Crippen LogP contribution in [-0.4, -0.2) is 5.91 Å². The van der Waals surface area contributed by atoms with E-state index in [2.05, 4.69) is 17.6 Å². The van der Waals surface area contributed by atoms with Crippen molar-refractivity contribution in [2.24, 2.45) is 0 Å². The standard InChI is InChI=1S/C15H17ClN2OS/c1-10(17-9-14-6-7-15(16)20-14)12-4-3-5-13(8-12)18-11(2)19/h3-8,10,17H,9H2,1-2H3,(H,18,19)/t10-/m1/s1. The molecule has 0 unspecified atom stereocenters. The van der Waals surface area contributed by atoms with Crippen LogP contribution in [0.2, 0.25) is 4.34 Å². The third-order valence-corrected chi connectivity index (χ3v) is 4.15. The van der Waals surface area contributed by atoms with Gasteiger partial charge in [0.15, 0.2) is 0 Å². The zero-order valence-corrected chi connectivity index (χ0v) is 13.0. The molecule has 0 fully saturated rings. The Balaban J connectivity index is 1.97. The fourth-order valence-corrected chi connectivity index (χ4v) is 2.95. The van der Waals surface area contributed by atoms with E-state index in [9.17, 15) is 4.79 Å². The molecule has 106 valence electrons. The molecule has 1 aromatic carbocycles. The number of nitrogens with one attached hydrogen (secondary N) is 2. The summed E-state index contributed by atoms with van der Waals surface area (Å²) in [7, 11) is 0. The van der Waals surface area contributed by atoms with E-state index in [1.54, 1.807) is 11.3 Å². The van der Waals surface area contributed by atoms with Crippen LogP contribution in [0, 0.1) is 0 Å². The van der Waals surface area contributed by atoms with Crippen molar-refractivity contribution in [3.63, 3.8) is 0 Å². The van der Waals surface area contributed by atoms with Gasteiger partial charge in [0.25, 0.3) is 0 Å². The van der Waals surface area contributed by atoms with Crippen molar-refractivity contribution in [2.45, 2.75) is 26.4 Å². The molecule has 20 heavy (non-hydrogen) atoms. The van der Waals surface area contributed by atoms with E-state index in [1.165, 1.54) is 11.8 Å². The highest BCUT2D eigenvalue weighted by Crippen LogP contribution is 2.23. The summed E-state index contributed by atoms with van der Waals surface area (Å²) >= 11 is 7.49. The van der Waals surface area contributed by atoms with Gasteiger partial charge in [-0.15, -0.1) is 11.3 Å². The van der Waals surface area contributed by atoms with Crippen LogP contribution in [0.3, 0.4) is 0 Å². The Morgan fingerprint density at radius 2 is 2.15 bits per heavy atom. The quantitative estimate of drug-likeness (QED) is 0.868. The minimum Gasteiger partial charge on any atom is -0.326 e. The molecule has 5 heteroatoms. The predicted molar refractivity (Wildman–Crippen MR) is 85.3 cm³/mol. The highest BCUT2D eigenvalue weighted by molar-refractivity contribution is 7.16. The number of carbonyl (C=O) groups is 1. The number of rotatable bonds is 5. The van der Waals surface area contributed by atoms with Gasteiger partial charge >= 0.3 is 0 Å². The summed E-state index contributed by atoms with van der Waals surface area (Å²) in [5.74, 6) is -0.0593. The van der Waals surface area contributed by atoms with Gasteiger partial charge in [0, 0.05) is 30.1 Å². The number of hydrogen-bond acceptors (Lipinski definition) is 3. The lowest BCUT2D eigenvalue weighted by atomic mass is 10.1. The summed E-state index contributed by atoms with van der Waals surface area (Å²) in [6.45, 7) is 4.39. The Morgan fingerprint density at radius 1 is 1.35 bits per heavy atom. The van der Waals surface area contributed by atoms with E-state index in [4.69, 9.17) is 11.6 Å². The van der Waals surface area contributed by atoms with Crippen LogP contribution in [0.15, 0.2) is 36.4 Å². The van der Waals surface area contributed by atoms with Crippen LogP contribution in [0.4, 0.5) is 5.69 Å². The minimum absolute atomic E-state index is 0.0593. The number of benzene rings is 1. The Labute approximate surface area is 128 Å². The van der Waals surface area contributed by atoms with Gasteiger partial charge in [0.1, 0.15) is 0 Å². The Hall–Kier alpha value is -1.36. The highest BCUT2D eigenvalue weighted by atomic mass is 35.5. The summed E-state index contributed by atoms with van der Waals surface area (Å²) in [4.78, 5) is 12.3. The monoisotopic (exact) mass is 308 g/mol. The van der Waals surface area contributed by atoms with E-state index in [1.807, 2.05) is 36.4 Å². The topological polar surface area (TPSA) is 41.1 Å². The van der Waals surface area contributed by atoms with Gasteiger partial charge in [0.05, 0.1) is 4.34 Å². The molecule has 1 atom stereocenters. The summed E-state index contributed by atoms with van der Waals surface area (Å²) < 4.78 is 0.808. The number of anilines is 1. The molecule has 2 N–H and O–H groups in total. The number of thiophene rings is 1. The Morgan fingerprint density at radius 3 is 2.80 bits per heavy atom. The van der Waals surface area contributed by atoms with Gasteiger partial charge in [0.2, 0.25) is 5.91 Å². The first kappa shape index (κ1) is 15.0. The van der Waals surface area contributed by atoms with Crippen LogP contribution in [-0.2, 0) is 11.3 Å². The van der Waals surface area contributed by atoms with Crippen molar-refractivity contribution in [3.05, 3.63) is 51.2 Å². The third kappa shape index (κ3) is 4.34. The molecule has 2 aromatic rings. The number of halogens is 1. The normalized spacial score (nSPS) is 12.2. The van der Waals surface area contributed by atoms with Crippen molar-refractivity contribution < 1.29 is 4.79 Å². The Kier molecular flexibility index (Phi) is 5.17. The van der Waals surface area contributed by atoms with Gasteiger partial charge in [-0.3, -0.25) is 4.79 Å². The smallest absolute Gasteiger partial charge is 0.221 e. The molecule has 0 radical (unpaired) electrons. The van der Waals surface area contributed by atoms with Crippen molar-refractivity contribution >= 4 is 34.5 Å². The van der Waals surface area contributed by atoms with Crippen molar-refractivity contribution in [2.75, 3.05) is 5.32 Å². The molecule has 0 aliphatic rings. The maximum Gasteiger partial charge on any atom is 0.221 e. The van der Waals surface area contributed by atoms with Crippen molar-refractivity contribution in [3.8, 4) is 0 Å². The lowest BCUT2D eigenvalue weighted by Gasteiger charge is -2.15. The molecule has 0 bridgehead atoms. The van der Waals surface area contributed by atoms with Crippen LogP contribution in [0.25, 0.3) is 0 Å². The van der Waals surface area contributed by atoms with E-state index >= 15 is 0 Å². The average molecular weight is 309 g/mol. The first-order valence-corrected chi connectivity index (χ1v) is 7.59.